The van der Waals surface area contributed by atoms with Gasteiger partial charge in [0.1, 0.15) is 0 Å². The second kappa shape index (κ2) is 5.04. The lowest BCUT2D eigenvalue weighted by Gasteiger charge is -2.28. The lowest BCUT2D eigenvalue weighted by Crippen LogP contribution is -2.62. The van der Waals surface area contributed by atoms with E-state index in [-0.39, 0.29) is 5.95 Å². The Labute approximate surface area is 104 Å². The predicted molar refractivity (Wildman–Crippen MR) is 54.1 cm³/mol. The van der Waals surface area contributed by atoms with E-state index in [0.29, 0.717) is 6.92 Å². The van der Waals surface area contributed by atoms with E-state index < -0.39 is 23.7 Å². The van der Waals surface area contributed by atoms with Crippen LogP contribution >= 0.6 is 0 Å². The summed E-state index contributed by atoms with van der Waals surface area (Å²) in [6.07, 6.45) is -2.85. The Morgan fingerprint density at radius 3 is 2.37 bits per heavy atom. The van der Waals surface area contributed by atoms with E-state index in [1.807, 2.05) is 5.32 Å². The molecule has 0 aliphatic rings. The standard InChI is InChI=1S/C8H8F3N5O3/c1-7(4(17)18,8(9,10)11)15-6(19)14-5-12-2-3-13-16-5/h2-3H,1H3,(H,17,18)(H2,12,14,15,16,19). The van der Waals surface area contributed by atoms with E-state index in [0.717, 1.165) is 6.20 Å². The average Bonchev–Trinajstić information content (AvgIpc) is 2.28. The maximum Gasteiger partial charge on any atom is 0.422 e. The van der Waals surface area contributed by atoms with Crippen molar-refractivity contribution < 1.29 is 27.9 Å². The van der Waals surface area contributed by atoms with Crippen molar-refractivity contribution in [3.05, 3.63) is 12.4 Å². The molecule has 8 nitrogen and oxygen atoms in total. The monoisotopic (exact) mass is 279 g/mol. The molecule has 0 saturated carbocycles. The number of urea groups is 1. The first kappa shape index (κ1) is 14.6. The summed E-state index contributed by atoms with van der Waals surface area (Å²) in [4.78, 5) is 25.4. The van der Waals surface area contributed by atoms with Crippen LogP contribution in [0, 0.1) is 0 Å². The van der Waals surface area contributed by atoms with Gasteiger partial charge in [0.05, 0.1) is 12.4 Å². The summed E-state index contributed by atoms with van der Waals surface area (Å²) in [6.45, 7) is 0.318. The number of hydrogen-bond acceptors (Lipinski definition) is 5. The first-order chi connectivity index (χ1) is 8.67. The Morgan fingerprint density at radius 2 is 1.95 bits per heavy atom. The summed E-state index contributed by atoms with van der Waals surface area (Å²) in [6, 6.07) is -1.42. The van der Waals surface area contributed by atoms with Gasteiger partial charge in [0.15, 0.2) is 0 Å². The number of hydrogen-bond donors (Lipinski definition) is 3. The highest BCUT2D eigenvalue weighted by Crippen LogP contribution is 2.30. The molecular formula is C8H8F3N5O3. The van der Waals surface area contributed by atoms with Gasteiger partial charge in [-0.1, -0.05) is 0 Å². The minimum Gasteiger partial charge on any atom is -0.479 e. The van der Waals surface area contributed by atoms with E-state index in [1.54, 1.807) is 0 Å². The zero-order chi connectivity index (χ0) is 14.7. The molecule has 1 rings (SSSR count). The number of halogens is 3. The average molecular weight is 279 g/mol. The van der Waals surface area contributed by atoms with Crippen LogP contribution in [-0.4, -0.2) is 44.0 Å². The van der Waals surface area contributed by atoms with Gasteiger partial charge < -0.3 is 10.4 Å². The van der Waals surface area contributed by atoms with Crippen LogP contribution in [0.5, 0.6) is 0 Å². The lowest BCUT2D eigenvalue weighted by molar-refractivity contribution is -0.203. The molecule has 0 saturated heterocycles. The van der Waals surface area contributed by atoms with Gasteiger partial charge in [-0.25, -0.2) is 14.6 Å². The molecule has 1 atom stereocenters. The Balaban J connectivity index is 2.82. The van der Waals surface area contributed by atoms with Gasteiger partial charge in [0.2, 0.25) is 5.54 Å². The Bertz CT molecular complexity index is 480. The van der Waals surface area contributed by atoms with Crippen molar-refractivity contribution in [2.75, 3.05) is 5.32 Å². The summed E-state index contributed by atoms with van der Waals surface area (Å²) in [5.41, 5.74) is -3.43. The summed E-state index contributed by atoms with van der Waals surface area (Å²) < 4.78 is 37.8. The minimum atomic E-state index is -5.17. The van der Waals surface area contributed by atoms with Gasteiger partial charge in [0.25, 0.3) is 5.95 Å². The maximum absolute atomic E-state index is 12.6. The normalized spacial score (nSPS) is 14.3. The number of nitrogens with zero attached hydrogens (tertiary/aromatic N) is 3. The van der Waals surface area contributed by atoms with Crippen LogP contribution in [-0.2, 0) is 4.79 Å². The molecule has 104 valence electrons. The summed E-state index contributed by atoms with van der Waals surface area (Å²) in [5.74, 6) is -2.61. The Morgan fingerprint density at radius 1 is 1.32 bits per heavy atom. The minimum absolute atomic E-state index is 0.318. The van der Waals surface area contributed by atoms with Gasteiger partial charge in [-0.3, -0.25) is 5.32 Å². The SMILES string of the molecule is CC(NC(=O)Nc1nccnn1)(C(=O)O)C(F)(F)F. The number of aromatic nitrogens is 3. The summed E-state index contributed by atoms with van der Waals surface area (Å²) >= 11 is 0. The van der Waals surface area contributed by atoms with Crippen LogP contribution in [0.25, 0.3) is 0 Å². The number of nitrogens with one attached hydrogen (secondary N) is 2. The van der Waals surface area contributed by atoms with E-state index in [4.69, 9.17) is 5.11 Å². The van der Waals surface area contributed by atoms with Crippen LogP contribution in [0.3, 0.4) is 0 Å². The molecule has 11 heteroatoms. The quantitative estimate of drug-likeness (QED) is 0.737. The third-order valence-electron chi connectivity index (χ3n) is 2.07. The Kier molecular flexibility index (Phi) is 3.87. The third-order valence-corrected chi connectivity index (χ3v) is 2.07. The van der Waals surface area contributed by atoms with E-state index in [2.05, 4.69) is 15.2 Å². The molecule has 19 heavy (non-hydrogen) atoms. The first-order valence-corrected chi connectivity index (χ1v) is 4.70. The van der Waals surface area contributed by atoms with Crippen LogP contribution in [0.4, 0.5) is 23.9 Å². The number of carboxylic acid groups (broad SMARTS) is 1. The van der Waals surface area contributed by atoms with Crippen LogP contribution < -0.4 is 10.6 Å². The van der Waals surface area contributed by atoms with Crippen molar-refractivity contribution in [1.82, 2.24) is 20.5 Å². The number of carboxylic acids is 1. The fourth-order valence-electron chi connectivity index (χ4n) is 0.910. The highest BCUT2D eigenvalue weighted by Gasteiger charge is 2.58. The molecule has 3 N–H and O–H groups in total. The highest BCUT2D eigenvalue weighted by atomic mass is 19.4. The summed E-state index contributed by atoms with van der Waals surface area (Å²) in [5, 5.41) is 18.3. The molecular weight excluding hydrogens is 271 g/mol. The Hall–Kier alpha value is -2.46. The zero-order valence-corrected chi connectivity index (χ0v) is 9.39. The molecule has 0 aromatic carbocycles. The number of aliphatic carboxylic acids is 1. The topological polar surface area (TPSA) is 117 Å². The molecule has 1 unspecified atom stereocenters. The number of alkyl halides is 3. The molecule has 1 aromatic rings. The van der Waals surface area contributed by atoms with E-state index in [1.165, 1.54) is 11.5 Å². The molecule has 0 bridgehead atoms. The molecule has 0 radical (unpaired) electrons. The third kappa shape index (κ3) is 3.26. The second-order valence-electron chi connectivity index (χ2n) is 3.47. The van der Waals surface area contributed by atoms with Crippen LogP contribution in [0.1, 0.15) is 6.92 Å². The van der Waals surface area contributed by atoms with Crippen molar-refractivity contribution >= 4 is 17.9 Å². The second-order valence-corrected chi connectivity index (χ2v) is 3.47. The first-order valence-electron chi connectivity index (χ1n) is 4.70. The van der Waals surface area contributed by atoms with Crippen molar-refractivity contribution in [2.24, 2.45) is 0 Å². The molecule has 1 heterocycles. The molecule has 2 amide bonds. The predicted octanol–water partition coefficient (Wildman–Crippen LogP) is 0.399. The maximum atomic E-state index is 12.6. The molecule has 0 aliphatic heterocycles. The van der Waals surface area contributed by atoms with Crippen molar-refractivity contribution in [3.8, 4) is 0 Å². The smallest absolute Gasteiger partial charge is 0.422 e. The van der Waals surface area contributed by atoms with Gasteiger partial charge in [0, 0.05) is 0 Å². The fraction of sp³-hybridized carbons (Fsp3) is 0.375. The summed E-state index contributed by atoms with van der Waals surface area (Å²) in [7, 11) is 0. The van der Waals surface area contributed by atoms with Gasteiger partial charge in [-0.05, 0) is 6.92 Å². The molecule has 1 aromatic heterocycles. The number of carbonyl (C=O) groups excluding carboxylic acids is 1. The van der Waals surface area contributed by atoms with Crippen molar-refractivity contribution in [1.29, 1.82) is 0 Å². The van der Waals surface area contributed by atoms with Crippen LogP contribution in [0.15, 0.2) is 12.4 Å². The largest absolute Gasteiger partial charge is 0.479 e. The van der Waals surface area contributed by atoms with Crippen molar-refractivity contribution in [3.63, 3.8) is 0 Å². The van der Waals surface area contributed by atoms with E-state index in [9.17, 15) is 22.8 Å². The lowest BCUT2D eigenvalue weighted by atomic mass is 10.0. The number of anilines is 1. The molecule has 0 aliphatic carbocycles. The van der Waals surface area contributed by atoms with Crippen LogP contribution in [0.2, 0.25) is 0 Å². The fourth-order valence-corrected chi connectivity index (χ4v) is 0.910. The highest BCUT2D eigenvalue weighted by molar-refractivity contribution is 5.92. The number of carbonyl (C=O) groups is 2. The van der Waals surface area contributed by atoms with Gasteiger partial charge in [-0.2, -0.15) is 18.3 Å². The van der Waals surface area contributed by atoms with Gasteiger partial charge >= 0.3 is 18.2 Å². The molecule has 0 fully saturated rings. The van der Waals surface area contributed by atoms with Crippen molar-refractivity contribution in [2.45, 2.75) is 18.6 Å². The van der Waals surface area contributed by atoms with Gasteiger partial charge in [-0.15, -0.1) is 5.10 Å². The van der Waals surface area contributed by atoms with E-state index >= 15 is 0 Å². The number of rotatable bonds is 3. The molecule has 0 spiro atoms. The number of amides is 2. The zero-order valence-electron chi connectivity index (χ0n) is 9.39.